The number of benzene rings is 2. The first-order valence-corrected chi connectivity index (χ1v) is 11.4. The number of anilines is 1. The Labute approximate surface area is 190 Å². The highest BCUT2D eigenvalue weighted by Gasteiger charge is 2.34. The van der Waals surface area contributed by atoms with Gasteiger partial charge >= 0.3 is 0 Å². The summed E-state index contributed by atoms with van der Waals surface area (Å²) in [6, 6.07) is 15.5. The Bertz CT molecular complexity index is 1190. The molecule has 8 heteroatoms. The number of rotatable bonds is 7. The number of para-hydroxylation sites is 1. The summed E-state index contributed by atoms with van der Waals surface area (Å²) in [6.45, 7) is 2.32. The van der Waals surface area contributed by atoms with Crippen LogP contribution in [0.15, 0.2) is 58.5 Å². The zero-order valence-electron chi connectivity index (χ0n) is 18.3. The van der Waals surface area contributed by atoms with Crippen LogP contribution in [0.1, 0.15) is 36.0 Å². The summed E-state index contributed by atoms with van der Waals surface area (Å²) in [5.41, 5.74) is 1.99. The van der Waals surface area contributed by atoms with E-state index in [2.05, 4.69) is 10.3 Å². The van der Waals surface area contributed by atoms with Crippen LogP contribution in [0.25, 0.3) is 0 Å². The first-order chi connectivity index (χ1) is 15.5. The van der Waals surface area contributed by atoms with Crippen molar-refractivity contribution in [1.29, 1.82) is 0 Å². The number of thioether (sulfide) groups is 1. The van der Waals surface area contributed by atoms with Crippen LogP contribution >= 0.6 is 11.8 Å². The van der Waals surface area contributed by atoms with Crippen LogP contribution < -0.4 is 20.3 Å². The van der Waals surface area contributed by atoms with Crippen molar-refractivity contribution in [3.63, 3.8) is 0 Å². The highest BCUT2D eigenvalue weighted by molar-refractivity contribution is 7.98. The molecule has 0 fully saturated rings. The van der Waals surface area contributed by atoms with Gasteiger partial charge in [0, 0.05) is 30.7 Å². The van der Waals surface area contributed by atoms with Crippen molar-refractivity contribution in [2.75, 3.05) is 19.0 Å². The molecule has 4 rings (SSSR count). The van der Waals surface area contributed by atoms with E-state index >= 15 is 0 Å². The molecule has 0 aliphatic carbocycles. The Balaban J connectivity index is 1.78. The van der Waals surface area contributed by atoms with E-state index in [1.807, 2.05) is 56.4 Å². The number of amides is 1. The molecular weight excluding hydrogens is 426 g/mol. The van der Waals surface area contributed by atoms with Crippen molar-refractivity contribution in [3.05, 3.63) is 75.6 Å². The standard InChI is InChI=1S/C24H25N3O4S/c1-4-31-21-16(11-8-12-18(21)30-3)17-13-19(28)25-22-20(17)23(29)26-24(27(22)2)32-14-15-9-6-5-7-10-15/h5-12,17H,4,13-14H2,1-3H3,(H,25,28)/t17-/m0/s1. The minimum Gasteiger partial charge on any atom is -0.493 e. The third kappa shape index (κ3) is 4.23. The summed E-state index contributed by atoms with van der Waals surface area (Å²) in [5, 5.41) is 3.44. The molecule has 7 nitrogen and oxygen atoms in total. The lowest BCUT2D eigenvalue weighted by molar-refractivity contribution is -0.116. The van der Waals surface area contributed by atoms with E-state index < -0.39 is 5.92 Å². The summed E-state index contributed by atoms with van der Waals surface area (Å²) < 4.78 is 13.1. The monoisotopic (exact) mass is 451 g/mol. The zero-order chi connectivity index (χ0) is 22.7. The van der Waals surface area contributed by atoms with Gasteiger partial charge in [-0.1, -0.05) is 54.2 Å². The number of hydrogen-bond acceptors (Lipinski definition) is 6. The second-order valence-corrected chi connectivity index (χ2v) is 8.35. The number of nitrogens with one attached hydrogen (secondary N) is 1. The van der Waals surface area contributed by atoms with Gasteiger partial charge < -0.3 is 19.4 Å². The van der Waals surface area contributed by atoms with Crippen LogP contribution in [-0.4, -0.2) is 29.2 Å². The molecule has 3 aromatic rings. The molecule has 32 heavy (non-hydrogen) atoms. The minimum atomic E-state index is -0.477. The molecule has 0 bridgehead atoms. The Morgan fingerprint density at radius 2 is 1.94 bits per heavy atom. The van der Waals surface area contributed by atoms with Gasteiger partial charge in [0.05, 0.1) is 19.3 Å². The molecule has 1 aliphatic heterocycles. The molecular formula is C24H25N3O4S. The van der Waals surface area contributed by atoms with Gasteiger partial charge in [-0.3, -0.25) is 9.59 Å². The van der Waals surface area contributed by atoms with Crippen LogP contribution in [0.3, 0.4) is 0 Å². The summed E-state index contributed by atoms with van der Waals surface area (Å²) in [7, 11) is 3.39. The quantitative estimate of drug-likeness (QED) is 0.433. The molecule has 1 atom stereocenters. The van der Waals surface area contributed by atoms with Gasteiger partial charge in [0.2, 0.25) is 5.91 Å². The van der Waals surface area contributed by atoms with E-state index in [0.29, 0.717) is 40.4 Å². The van der Waals surface area contributed by atoms with Crippen molar-refractivity contribution >= 4 is 23.5 Å². The molecule has 0 unspecified atom stereocenters. The molecule has 0 saturated heterocycles. The van der Waals surface area contributed by atoms with Crippen molar-refractivity contribution in [2.45, 2.75) is 30.2 Å². The average molecular weight is 452 g/mol. The predicted octanol–water partition coefficient (Wildman–Crippen LogP) is 3.95. The highest BCUT2D eigenvalue weighted by Crippen LogP contribution is 2.43. The van der Waals surface area contributed by atoms with Crippen LogP contribution in [0.2, 0.25) is 0 Å². The molecule has 0 saturated carbocycles. The zero-order valence-corrected chi connectivity index (χ0v) is 19.1. The fraction of sp³-hybridized carbons (Fsp3) is 0.292. The number of carbonyl (C=O) groups is 1. The van der Waals surface area contributed by atoms with E-state index in [1.54, 1.807) is 17.7 Å². The lowest BCUT2D eigenvalue weighted by Gasteiger charge is -2.29. The number of aromatic nitrogens is 2. The number of methoxy groups -OCH3 is 1. The SMILES string of the molecule is CCOc1c(OC)cccc1[C@@H]1CC(=O)Nc2c1c(=O)nc(SCc1ccccc1)n2C. The topological polar surface area (TPSA) is 82.4 Å². The summed E-state index contributed by atoms with van der Waals surface area (Å²) >= 11 is 1.46. The Morgan fingerprint density at radius 1 is 1.16 bits per heavy atom. The Hall–Kier alpha value is -3.26. The Morgan fingerprint density at radius 3 is 2.66 bits per heavy atom. The van der Waals surface area contributed by atoms with Gasteiger partial charge in [-0.25, -0.2) is 0 Å². The van der Waals surface area contributed by atoms with Gasteiger partial charge in [0.1, 0.15) is 5.82 Å². The van der Waals surface area contributed by atoms with E-state index in [-0.39, 0.29) is 17.9 Å². The van der Waals surface area contributed by atoms with E-state index in [9.17, 15) is 9.59 Å². The summed E-state index contributed by atoms with van der Waals surface area (Å²) in [6.07, 6.45) is 0.133. The van der Waals surface area contributed by atoms with E-state index in [0.717, 1.165) is 11.1 Å². The van der Waals surface area contributed by atoms with Crippen LogP contribution in [0.5, 0.6) is 11.5 Å². The maximum Gasteiger partial charge on any atom is 0.279 e. The average Bonchev–Trinajstić information content (AvgIpc) is 2.81. The van der Waals surface area contributed by atoms with Gasteiger partial charge in [-0.05, 0) is 18.6 Å². The predicted molar refractivity (Wildman–Crippen MR) is 125 cm³/mol. The molecule has 2 aromatic carbocycles. The van der Waals surface area contributed by atoms with Gasteiger partial charge in [0.25, 0.3) is 5.56 Å². The molecule has 1 amide bonds. The van der Waals surface area contributed by atoms with Gasteiger partial charge in [-0.2, -0.15) is 4.98 Å². The number of nitrogens with zero attached hydrogens (tertiary/aromatic N) is 2. The number of carbonyl (C=O) groups excluding carboxylic acids is 1. The van der Waals surface area contributed by atoms with Crippen molar-refractivity contribution in [2.24, 2.45) is 7.05 Å². The fourth-order valence-corrected chi connectivity index (χ4v) is 4.84. The number of hydrogen-bond donors (Lipinski definition) is 1. The molecule has 1 aromatic heterocycles. The molecule has 1 aliphatic rings. The molecule has 0 radical (unpaired) electrons. The summed E-state index contributed by atoms with van der Waals surface area (Å²) in [5.74, 6) is 1.63. The molecule has 2 heterocycles. The van der Waals surface area contributed by atoms with Crippen molar-refractivity contribution in [3.8, 4) is 11.5 Å². The minimum absolute atomic E-state index is 0.133. The second kappa shape index (κ2) is 9.48. The first-order valence-electron chi connectivity index (χ1n) is 10.4. The number of ether oxygens (including phenoxy) is 2. The lowest BCUT2D eigenvalue weighted by atomic mass is 9.86. The second-order valence-electron chi connectivity index (χ2n) is 7.41. The third-order valence-electron chi connectivity index (χ3n) is 5.40. The number of fused-ring (bicyclic) bond motifs is 1. The summed E-state index contributed by atoms with van der Waals surface area (Å²) in [4.78, 5) is 30.2. The van der Waals surface area contributed by atoms with E-state index in [4.69, 9.17) is 9.47 Å². The first kappa shape index (κ1) is 22.0. The molecule has 1 N–H and O–H groups in total. The maximum absolute atomic E-state index is 13.2. The molecule has 0 spiro atoms. The maximum atomic E-state index is 13.2. The lowest BCUT2D eigenvalue weighted by Crippen LogP contribution is -2.33. The van der Waals surface area contributed by atoms with Gasteiger partial charge in [0.15, 0.2) is 16.7 Å². The third-order valence-corrected chi connectivity index (χ3v) is 6.51. The normalized spacial score (nSPS) is 15.1. The Kier molecular flexibility index (Phi) is 6.50. The van der Waals surface area contributed by atoms with Crippen molar-refractivity contribution in [1.82, 2.24) is 9.55 Å². The van der Waals surface area contributed by atoms with Crippen LogP contribution in [-0.2, 0) is 17.6 Å². The smallest absolute Gasteiger partial charge is 0.279 e. The van der Waals surface area contributed by atoms with Crippen molar-refractivity contribution < 1.29 is 14.3 Å². The largest absolute Gasteiger partial charge is 0.493 e. The molecule has 166 valence electrons. The van der Waals surface area contributed by atoms with Crippen LogP contribution in [0, 0.1) is 0 Å². The van der Waals surface area contributed by atoms with Gasteiger partial charge in [-0.15, -0.1) is 0 Å². The fourth-order valence-electron chi connectivity index (χ4n) is 3.92. The van der Waals surface area contributed by atoms with E-state index in [1.165, 1.54) is 11.8 Å². The van der Waals surface area contributed by atoms with Crippen LogP contribution in [0.4, 0.5) is 5.82 Å². The highest BCUT2D eigenvalue weighted by atomic mass is 32.2.